The highest BCUT2D eigenvalue weighted by Gasteiger charge is 2.33. The normalized spacial score (nSPS) is 28.4. The standard InChI is InChI=1S/C14H28S/c1-13(2,3)7-11-9-15-10-12(11)8-14(4,5)6/h11-12H,7-10H2,1-6H3/t11-,12-/m0/s1. The van der Waals surface area contributed by atoms with Crippen molar-refractivity contribution in [2.75, 3.05) is 11.5 Å². The Morgan fingerprint density at radius 1 is 0.800 bits per heavy atom. The maximum absolute atomic E-state index is 2.38. The molecule has 0 spiro atoms. The lowest BCUT2D eigenvalue weighted by atomic mass is 9.74. The lowest BCUT2D eigenvalue weighted by Gasteiger charge is -2.30. The Morgan fingerprint density at radius 3 is 1.40 bits per heavy atom. The van der Waals surface area contributed by atoms with Gasteiger partial charge in [-0.05, 0) is 47.0 Å². The van der Waals surface area contributed by atoms with Crippen LogP contribution in [-0.2, 0) is 0 Å². The van der Waals surface area contributed by atoms with Gasteiger partial charge in [0.1, 0.15) is 0 Å². The van der Waals surface area contributed by atoms with Crippen LogP contribution in [0.25, 0.3) is 0 Å². The third-order valence-electron chi connectivity index (χ3n) is 3.08. The first-order valence-electron chi connectivity index (χ1n) is 6.25. The summed E-state index contributed by atoms with van der Waals surface area (Å²) in [6.45, 7) is 14.3. The van der Waals surface area contributed by atoms with E-state index < -0.39 is 0 Å². The first-order chi connectivity index (χ1) is 6.67. The van der Waals surface area contributed by atoms with Crippen LogP contribution in [0.4, 0.5) is 0 Å². The molecule has 0 N–H and O–H groups in total. The van der Waals surface area contributed by atoms with Crippen molar-refractivity contribution in [3.63, 3.8) is 0 Å². The summed E-state index contributed by atoms with van der Waals surface area (Å²) in [5, 5.41) is 0. The SMILES string of the molecule is CC(C)(C)C[C@H]1CSC[C@@H]1CC(C)(C)C. The zero-order valence-corrected chi connectivity index (χ0v) is 12.2. The van der Waals surface area contributed by atoms with Crippen molar-refractivity contribution in [2.45, 2.75) is 54.4 Å². The monoisotopic (exact) mass is 228 g/mol. The molecule has 0 nitrogen and oxygen atoms in total. The molecule has 2 atom stereocenters. The van der Waals surface area contributed by atoms with E-state index in [0.717, 1.165) is 11.8 Å². The van der Waals surface area contributed by atoms with E-state index in [2.05, 4.69) is 53.3 Å². The van der Waals surface area contributed by atoms with Gasteiger partial charge < -0.3 is 0 Å². The van der Waals surface area contributed by atoms with E-state index >= 15 is 0 Å². The van der Waals surface area contributed by atoms with Gasteiger partial charge in [0.2, 0.25) is 0 Å². The summed E-state index contributed by atoms with van der Waals surface area (Å²) in [6, 6.07) is 0. The molecule has 0 aliphatic carbocycles. The average molecular weight is 228 g/mol. The molecular formula is C14H28S. The maximum atomic E-state index is 2.38. The van der Waals surface area contributed by atoms with E-state index in [4.69, 9.17) is 0 Å². The van der Waals surface area contributed by atoms with Crippen LogP contribution in [0.2, 0.25) is 0 Å². The Hall–Kier alpha value is 0.350. The molecule has 0 aromatic carbocycles. The van der Waals surface area contributed by atoms with Crippen LogP contribution in [0.3, 0.4) is 0 Å². The first-order valence-corrected chi connectivity index (χ1v) is 7.41. The second-order valence-electron chi connectivity index (χ2n) is 7.59. The Labute approximate surface area is 101 Å². The van der Waals surface area contributed by atoms with Crippen LogP contribution >= 0.6 is 11.8 Å². The fraction of sp³-hybridized carbons (Fsp3) is 1.00. The van der Waals surface area contributed by atoms with Crippen LogP contribution in [0.15, 0.2) is 0 Å². The smallest absolute Gasteiger partial charge is 0.00359 e. The maximum Gasteiger partial charge on any atom is -0.00359 e. The second kappa shape index (κ2) is 4.69. The highest BCUT2D eigenvalue weighted by molar-refractivity contribution is 7.99. The van der Waals surface area contributed by atoms with E-state index in [-0.39, 0.29) is 0 Å². The Balaban J connectivity index is 2.50. The molecular weight excluding hydrogens is 200 g/mol. The number of hydrogen-bond donors (Lipinski definition) is 0. The molecule has 0 aromatic rings. The summed E-state index contributed by atoms with van der Waals surface area (Å²) in [6.07, 6.45) is 2.81. The lowest BCUT2D eigenvalue weighted by Crippen LogP contribution is -2.23. The van der Waals surface area contributed by atoms with Gasteiger partial charge in [0.15, 0.2) is 0 Å². The molecule has 1 heterocycles. The van der Waals surface area contributed by atoms with Gasteiger partial charge in [-0.1, -0.05) is 41.5 Å². The summed E-state index contributed by atoms with van der Waals surface area (Å²) >= 11 is 2.17. The molecule has 0 radical (unpaired) electrons. The van der Waals surface area contributed by atoms with Crippen molar-refractivity contribution in [3.05, 3.63) is 0 Å². The van der Waals surface area contributed by atoms with Gasteiger partial charge in [-0.3, -0.25) is 0 Å². The molecule has 1 rings (SSSR count). The van der Waals surface area contributed by atoms with Crippen molar-refractivity contribution in [3.8, 4) is 0 Å². The summed E-state index contributed by atoms with van der Waals surface area (Å²) in [7, 11) is 0. The van der Waals surface area contributed by atoms with Crippen molar-refractivity contribution >= 4 is 11.8 Å². The van der Waals surface area contributed by atoms with Crippen LogP contribution in [0, 0.1) is 22.7 Å². The van der Waals surface area contributed by atoms with Gasteiger partial charge >= 0.3 is 0 Å². The minimum Gasteiger partial charge on any atom is -0.161 e. The van der Waals surface area contributed by atoms with Gasteiger partial charge in [-0.2, -0.15) is 11.8 Å². The Kier molecular flexibility index (Phi) is 4.20. The van der Waals surface area contributed by atoms with Crippen molar-refractivity contribution < 1.29 is 0 Å². The topological polar surface area (TPSA) is 0 Å². The molecule has 1 aliphatic rings. The Bertz CT molecular complexity index is 172. The van der Waals surface area contributed by atoms with Crippen LogP contribution in [0.1, 0.15) is 54.4 Å². The van der Waals surface area contributed by atoms with Gasteiger partial charge in [0.05, 0.1) is 0 Å². The number of hydrogen-bond acceptors (Lipinski definition) is 1. The molecule has 0 aromatic heterocycles. The molecule has 90 valence electrons. The third kappa shape index (κ3) is 5.29. The molecule has 1 aliphatic heterocycles. The molecule has 0 bridgehead atoms. The largest absolute Gasteiger partial charge is 0.161 e. The molecule has 1 fully saturated rings. The summed E-state index contributed by atoms with van der Waals surface area (Å²) in [4.78, 5) is 0. The average Bonchev–Trinajstić information content (AvgIpc) is 2.29. The molecule has 0 unspecified atom stereocenters. The fourth-order valence-electron chi connectivity index (χ4n) is 2.67. The van der Waals surface area contributed by atoms with Crippen molar-refractivity contribution in [2.24, 2.45) is 22.7 Å². The quantitative estimate of drug-likeness (QED) is 0.652. The lowest BCUT2D eigenvalue weighted by molar-refractivity contribution is 0.210. The zero-order chi connectivity index (χ0) is 11.7. The van der Waals surface area contributed by atoms with Crippen molar-refractivity contribution in [1.29, 1.82) is 0 Å². The van der Waals surface area contributed by atoms with E-state index in [0.29, 0.717) is 10.8 Å². The van der Waals surface area contributed by atoms with Crippen LogP contribution in [-0.4, -0.2) is 11.5 Å². The summed E-state index contributed by atoms with van der Waals surface area (Å²) < 4.78 is 0. The molecule has 0 amide bonds. The van der Waals surface area contributed by atoms with E-state index in [1.807, 2.05) is 0 Å². The molecule has 15 heavy (non-hydrogen) atoms. The predicted octanol–water partition coefficient (Wildman–Crippen LogP) is 4.84. The second-order valence-corrected chi connectivity index (χ2v) is 8.66. The van der Waals surface area contributed by atoms with E-state index in [1.54, 1.807) is 0 Å². The minimum absolute atomic E-state index is 0.506. The molecule has 0 saturated carbocycles. The molecule has 1 heteroatoms. The highest BCUT2D eigenvalue weighted by atomic mass is 32.2. The predicted molar refractivity (Wildman–Crippen MR) is 72.4 cm³/mol. The fourth-order valence-corrected chi connectivity index (χ4v) is 4.19. The number of rotatable bonds is 2. The van der Waals surface area contributed by atoms with Gasteiger partial charge in [-0.15, -0.1) is 0 Å². The van der Waals surface area contributed by atoms with Crippen LogP contribution in [0.5, 0.6) is 0 Å². The zero-order valence-electron chi connectivity index (χ0n) is 11.4. The highest BCUT2D eigenvalue weighted by Crippen LogP contribution is 2.42. The minimum atomic E-state index is 0.506. The van der Waals surface area contributed by atoms with Gasteiger partial charge in [-0.25, -0.2) is 0 Å². The van der Waals surface area contributed by atoms with Gasteiger partial charge in [0.25, 0.3) is 0 Å². The van der Waals surface area contributed by atoms with Crippen molar-refractivity contribution in [1.82, 2.24) is 0 Å². The summed E-state index contributed by atoms with van der Waals surface area (Å²) in [5.41, 5.74) is 1.01. The molecule has 1 saturated heterocycles. The third-order valence-corrected chi connectivity index (χ3v) is 4.41. The first kappa shape index (κ1) is 13.4. The summed E-state index contributed by atoms with van der Waals surface area (Å²) in [5.74, 6) is 4.74. The Morgan fingerprint density at radius 2 is 1.13 bits per heavy atom. The van der Waals surface area contributed by atoms with E-state index in [1.165, 1.54) is 24.3 Å². The van der Waals surface area contributed by atoms with E-state index in [9.17, 15) is 0 Å². The number of thioether (sulfide) groups is 1. The van der Waals surface area contributed by atoms with Crippen LogP contribution < -0.4 is 0 Å². The van der Waals surface area contributed by atoms with Gasteiger partial charge in [0, 0.05) is 0 Å².